The minimum atomic E-state index is -0.362. The van der Waals surface area contributed by atoms with Crippen LogP contribution < -0.4 is 0 Å². The first kappa shape index (κ1) is 6.96. The van der Waals surface area contributed by atoms with E-state index in [-0.39, 0.29) is 5.82 Å². The number of hydrogen-bond donors (Lipinski definition) is 0. The molecule has 0 N–H and O–H groups in total. The maximum Gasteiger partial charge on any atom is 0.157 e. The number of nitrogens with zero attached hydrogens (tertiary/aromatic N) is 3. The zero-order valence-electron chi connectivity index (χ0n) is 5.33. The summed E-state index contributed by atoms with van der Waals surface area (Å²) in [5.41, 5.74) is 0.536. The summed E-state index contributed by atoms with van der Waals surface area (Å²) in [7, 11) is 0. The van der Waals surface area contributed by atoms with Crippen LogP contribution in [0.2, 0.25) is 0 Å². The van der Waals surface area contributed by atoms with Crippen LogP contribution in [0.3, 0.4) is 0 Å². The predicted octanol–water partition coefficient (Wildman–Crippen LogP) is 1.47. The van der Waals surface area contributed by atoms with Gasteiger partial charge in [0.25, 0.3) is 0 Å². The number of halogens is 2. The molecule has 11 heavy (non-hydrogen) atoms. The first-order chi connectivity index (χ1) is 5.25. The average molecular weight is 263 g/mol. The lowest BCUT2D eigenvalue weighted by molar-refractivity contribution is 0.614. The van der Waals surface area contributed by atoms with Crippen molar-refractivity contribution < 1.29 is 4.39 Å². The van der Waals surface area contributed by atoms with E-state index in [0.717, 1.165) is 9.90 Å². The maximum absolute atomic E-state index is 12.5. The second-order valence-corrected chi connectivity index (χ2v) is 3.15. The largest absolute Gasteiger partial charge is 0.221 e. The number of fused-ring (bicyclic) bond motifs is 1. The standard InChI is InChI=1S/C6H3FIN3/c7-4-1-6-10-5(8)3-11(6)9-2-4/h1-3H. The van der Waals surface area contributed by atoms with Crippen LogP contribution in [0.1, 0.15) is 0 Å². The van der Waals surface area contributed by atoms with E-state index in [1.54, 1.807) is 6.20 Å². The third kappa shape index (κ3) is 1.20. The van der Waals surface area contributed by atoms with E-state index in [2.05, 4.69) is 32.7 Å². The van der Waals surface area contributed by atoms with Crippen molar-refractivity contribution in [3.63, 3.8) is 0 Å². The summed E-state index contributed by atoms with van der Waals surface area (Å²) in [4.78, 5) is 4.02. The molecule has 0 aromatic carbocycles. The Hall–Kier alpha value is -0.720. The summed E-state index contributed by atoms with van der Waals surface area (Å²) < 4.78 is 14.9. The summed E-state index contributed by atoms with van der Waals surface area (Å²) in [5, 5.41) is 3.78. The van der Waals surface area contributed by atoms with E-state index in [1.165, 1.54) is 10.6 Å². The summed E-state index contributed by atoms with van der Waals surface area (Å²) in [6.07, 6.45) is 2.89. The second kappa shape index (κ2) is 2.40. The van der Waals surface area contributed by atoms with Crippen molar-refractivity contribution >= 4 is 28.2 Å². The molecule has 2 rings (SSSR count). The van der Waals surface area contributed by atoms with Gasteiger partial charge in [0.1, 0.15) is 9.52 Å². The predicted molar refractivity (Wildman–Crippen MR) is 45.7 cm³/mol. The highest BCUT2D eigenvalue weighted by Crippen LogP contribution is 2.06. The summed E-state index contributed by atoms with van der Waals surface area (Å²) in [5.74, 6) is -0.362. The molecule has 0 bridgehead atoms. The Balaban J connectivity index is 2.82. The Morgan fingerprint density at radius 1 is 1.55 bits per heavy atom. The fraction of sp³-hybridized carbons (Fsp3) is 0. The highest BCUT2D eigenvalue weighted by Gasteiger charge is 1.99. The maximum atomic E-state index is 12.5. The van der Waals surface area contributed by atoms with Crippen molar-refractivity contribution in [2.75, 3.05) is 0 Å². The van der Waals surface area contributed by atoms with E-state index < -0.39 is 0 Å². The van der Waals surface area contributed by atoms with E-state index in [4.69, 9.17) is 0 Å². The normalized spacial score (nSPS) is 10.7. The fourth-order valence-electron chi connectivity index (χ4n) is 0.825. The molecule has 56 valence electrons. The van der Waals surface area contributed by atoms with E-state index in [9.17, 15) is 4.39 Å². The van der Waals surface area contributed by atoms with Gasteiger partial charge in [-0.2, -0.15) is 5.10 Å². The minimum Gasteiger partial charge on any atom is -0.221 e. The SMILES string of the molecule is Fc1cnn2cc(I)nc2c1. The lowest BCUT2D eigenvalue weighted by atomic mass is 10.5. The van der Waals surface area contributed by atoms with Crippen molar-refractivity contribution in [1.82, 2.24) is 14.6 Å². The molecular formula is C6H3FIN3. The molecule has 0 fully saturated rings. The molecule has 0 aliphatic heterocycles. The lowest BCUT2D eigenvalue weighted by Crippen LogP contribution is -1.89. The Bertz CT molecular complexity index is 398. The Labute approximate surface area is 75.4 Å². The van der Waals surface area contributed by atoms with Gasteiger partial charge in [-0.25, -0.2) is 13.9 Å². The first-order valence-electron chi connectivity index (χ1n) is 2.92. The van der Waals surface area contributed by atoms with Crippen molar-refractivity contribution in [2.24, 2.45) is 0 Å². The number of rotatable bonds is 0. The molecular weight excluding hydrogens is 260 g/mol. The van der Waals surface area contributed by atoms with Gasteiger partial charge in [-0.05, 0) is 22.6 Å². The number of hydrogen-bond acceptors (Lipinski definition) is 2. The molecule has 0 aliphatic rings. The molecule has 0 atom stereocenters. The molecule has 2 aromatic rings. The van der Waals surface area contributed by atoms with Gasteiger partial charge >= 0.3 is 0 Å². The Morgan fingerprint density at radius 2 is 2.36 bits per heavy atom. The fourth-order valence-corrected chi connectivity index (χ4v) is 1.34. The van der Waals surface area contributed by atoms with Crippen molar-refractivity contribution in [3.8, 4) is 0 Å². The number of aromatic nitrogens is 3. The molecule has 3 nitrogen and oxygen atoms in total. The molecule has 0 unspecified atom stereocenters. The van der Waals surface area contributed by atoms with E-state index >= 15 is 0 Å². The van der Waals surface area contributed by atoms with Crippen LogP contribution in [-0.4, -0.2) is 14.6 Å². The van der Waals surface area contributed by atoms with Crippen LogP contribution in [0.4, 0.5) is 4.39 Å². The van der Waals surface area contributed by atoms with Crippen molar-refractivity contribution in [2.45, 2.75) is 0 Å². The van der Waals surface area contributed by atoms with Gasteiger partial charge in [0.05, 0.1) is 12.4 Å². The molecule has 0 amide bonds. The van der Waals surface area contributed by atoms with Gasteiger partial charge in [-0.15, -0.1) is 0 Å². The molecule has 0 spiro atoms. The van der Waals surface area contributed by atoms with Gasteiger partial charge in [0.2, 0.25) is 0 Å². The van der Waals surface area contributed by atoms with Crippen molar-refractivity contribution in [3.05, 3.63) is 28.0 Å². The molecule has 2 aromatic heterocycles. The van der Waals surface area contributed by atoms with Crippen LogP contribution in [0, 0.1) is 9.52 Å². The molecule has 0 radical (unpaired) electrons. The van der Waals surface area contributed by atoms with Crippen LogP contribution in [0.25, 0.3) is 5.65 Å². The molecule has 0 saturated heterocycles. The third-order valence-electron chi connectivity index (χ3n) is 1.26. The quantitative estimate of drug-likeness (QED) is 0.674. The van der Waals surface area contributed by atoms with Crippen LogP contribution in [-0.2, 0) is 0 Å². The summed E-state index contributed by atoms with van der Waals surface area (Å²) in [6, 6.07) is 1.34. The van der Waals surface area contributed by atoms with E-state index in [1.807, 2.05) is 0 Å². The molecule has 0 aliphatic carbocycles. The third-order valence-corrected chi connectivity index (χ3v) is 1.78. The Kier molecular flexibility index (Phi) is 1.52. The summed E-state index contributed by atoms with van der Waals surface area (Å²) in [6.45, 7) is 0. The van der Waals surface area contributed by atoms with Gasteiger partial charge in [-0.3, -0.25) is 0 Å². The zero-order valence-corrected chi connectivity index (χ0v) is 7.49. The van der Waals surface area contributed by atoms with Crippen LogP contribution in [0.15, 0.2) is 18.5 Å². The van der Waals surface area contributed by atoms with Crippen molar-refractivity contribution in [1.29, 1.82) is 0 Å². The Morgan fingerprint density at radius 3 is 3.18 bits per heavy atom. The van der Waals surface area contributed by atoms with Crippen LogP contribution >= 0.6 is 22.6 Å². The topological polar surface area (TPSA) is 30.2 Å². The average Bonchev–Trinajstić information content (AvgIpc) is 2.27. The highest BCUT2D eigenvalue weighted by atomic mass is 127. The van der Waals surface area contributed by atoms with Gasteiger partial charge < -0.3 is 0 Å². The molecule has 0 saturated carbocycles. The van der Waals surface area contributed by atoms with Gasteiger partial charge in [0, 0.05) is 6.07 Å². The monoisotopic (exact) mass is 263 g/mol. The summed E-state index contributed by atoms with van der Waals surface area (Å²) >= 11 is 2.05. The highest BCUT2D eigenvalue weighted by molar-refractivity contribution is 14.1. The number of imidazole rings is 1. The zero-order chi connectivity index (χ0) is 7.84. The van der Waals surface area contributed by atoms with Gasteiger partial charge in [-0.1, -0.05) is 0 Å². The lowest BCUT2D eigenvalue weighted by Gasteiger charge is -1.88. The molecule has 2 heterocycles. The minimum absolute atomic E-state index is 0.362. The van der Waals surface area contributed by atoms with Crippen LogP contribution in [0.5, 0.6) is 0 Å². The van der Waals surface area contributed by atoms with Gasteiger partial charge in [0.15, 0.2) is 5.65 Å². The second-order valence-electron chi connectivity index (χ2n) is 2.04. The molecule has 5 heteroatoms. The van der Waals surface area contributed by atoms with E-state index in [0.29, 0.717) is 5.65 Å². The first-order valence-corrected chi connectivity index (χ1v) is 4.00. The smallest absolute Gasteiger partial charge is 0.157 e.